The Morgan fingerprint density at radius 1 is 0.583 bits per heavy atom. The van der Waals surface area contributed by atoms with Crippen molar-refractivity contribution in [3.63, 3.8) is 0 Å². The van der Waals surface area contributed by atoms with Crippen molar-refractivity contribution in [1.29, 1.82) is 0 Å². The molecule has 0 rings (SSSR count). The number of aliphatic hydroxyl groups is 2. The molecule has 0 heterocycles. The van der Waals surface area contributed by atoms with E-state index in [-0.39, 0.29) is 13.2 Å². The van der Waals surface area contributed by atoms with E-state index in [1.807, 2.05) is 0 Å². The van der Waals surface area contributed by atoms with E-state index in [0.717, 1.165) is 6.54 Å². The molecule has 0 spiro atoms. The maximum absolute atomic E-state index is 9.11. The number of hydrogen-bond acceptors (Lipinski definition) is 3. The maximum atomic E-state index is 9.11. The molecule has 0 aliphatic heterocycles. The molecule has 0 amide bonds. The summed E-state index contributed by atoms with van der Waals surface area (Å²) in [6.07, 6.45) is 10.3. The van der Waals surface area contributed by atoms with Gasteiger partial charge in [0.2, 0.25) is 0 Å². The second-order valence-corrected chi connectivity index (χ2v) is 7.29. The Kier molecular flexibility index (Phi) is 16.2. The summed E-state index contributed by atoms with van der Waals surface area (Å²) in [7, 11) is 0. The Labute approximate surface area is 151 Å². The first-order valence-corrected chi connectivity index (χ1v) is 10.5. The second-order valence-electron chi connectivity index (χ2n) is 7.29. The minimum Gasteiger partial charge on any atom is -0.395 e. The Balaban J connectivity index is 4.48. The molecule has 0 fully saturated rings. The standard InChI is InChI=1S/C20H45N2O2/c1-4-7-15-22(16-8-5-2,17-9-6-3)18-11-10-12-21(13-19-23)14-20-24/h23-24H,4-20H2,1-3H3/q+1. The lowest BCUT2D eigenvalue weighted by molar-refractivity contribution is -0.929. The molecule has 4 nitrogen and oxygen atoms in total. The van der Waals surface area contributed by atoms with Crippen LogP contribution in [0.3, 0.4) is 0 Å². The normalized spacial score (nSPS) is 12.2. The van der Waals surface area contributed by atoms with Gasteiger partial charge < -0.3 is 14.7 Å². The molecule has 0 saturated carbocycles. The van der Waals surface area contributed by atoms with Gasteiger partial charge in [0.05, 0.1) is 39.4 Å². The Hall–Kier alpha value is -0.160. The van der Waals surface area contributed by atoms with Crippen molar-refractivity contribution in [3.8, 4) is 0 Å². The monoisotopic (exact) mass is 345 g/mol. The van der Waals surface area contributed by atoms with Crippen molar-refractivity contribution in [3.05, 3.63) is 0 Å². The van der Waals surface area contributed by atoms with E-state index in [1.165, 1.54) is 82.0 Å². The SMILES string of the molecule is CCCC[N+](CCCC)(CCCC)CCCCN(CCO)CCO. The van der Waals surface area contributed by atoms with Crippen LogP contribution in [0.2, 0.25) is 0 Å². The Bertz CT molecular complexity index is 234. The van der Waals surface area contributed by atoms with E-state index in [4.69, 9.17) is 10.2 Å². The van der Waals surface area contributed by atoms with Crippen LogP contribution in [-0.2, 0) is 0 Å². The van der Waals surface area contributed by atoms with Gasteiger partial charge in [-0.15, -0.1) is 0 Å². The van der Waals surface area contributed by atoms with Gasteiger partial charge in [-0.3, -0.25) is 4.90 Å². The molecule has 0 saturated heterocycles. The topological polar surface area (TPSA) is 43.7 Å². The van der Waals surface area contributed by atoms with E-state index < -0.39 is 0 Å². The van der Waals surface area contributed by atoms with Gasteiger partial charge in [-0.2, -0.15) is 0 Å². The van der Waals surface area contributed by atoms with Crippen LogP contribution in [0, 0.1) is 0 Å². The van der Waals surface area contributed by atoms with Gasteiger partial charge in [0.1, 0.15) is 0 Å². The highest BCUT2D eigenvalue weighted by Crippen LogP contribution is 2.16. The fourth-order valence-electron chi connectivity index (χ4n) is 3.55. The van der Waals surface area contributed by atoms with Crippen molar-refractivity contribution < 1.29 is 14.7 Å². The first-order valence-electron chi connectivity index (χ1n) is 10.5. The zero-order chi connectivity index (χ0) is 18.1. The molecular weight excluding hydrogens is 300 g/mol. The van der Waals surface area contributed by atoms with Gasteiger partial charge in [-0.25, -0.2) is 0 Å². The van der Waals surface area contributed by atoms with Crippen LogP contribution in [-0.4, -0.2) is 78.6 Å². The van der Waals surface area contributed by atoms with E-state index >= 15 is 0 Å². The third-order valence-electron chi connectivity index (χ3n) is 5.15. The number of hydrogen-bond donors (Lipinski definition) is 2. The number of nitrogens with zero attached hydrogens (tertiary/aromatic N) is 2. The summed E-state index contributed by atoms with van der Waals surface area (Å²) in [6, 6.07) is 0. The second kappa shape index (κ2) is 16.3. The molecule has 146 valence electrons. The lowest BCUT2D eigenvalue weighted by Crippen LogP contribution is -2.51. The van der Waals surface area contributed by atoms with Gasteiger partial charge >= 0.3 is 0 Å². The van der Waals surface area contributed by atoms with Gasteiger partial charge in [-0.1, -0.05) is 40.0 Å². The number of rotatable bonds is 18. The molecule has 2 N–H and O–H groups in total. The zero-order valence-electron chi connectivity index (χ0n) is 16.8. The largest absolute Gasteiger partial charge is 0.395 e. The predicted octanol–water partition coefficient (Wildman–Crippen LogP) is 3.27. The first kappa shape index (κ1) is 23.8. The number of quaternary nitrogens is 1. The minimum absolute atomic E-state index is 0.184. The lowest BCUT2D eigenvalue weighted by atomic mass is 10.1. The highest BCUT2D eigenvalue weighted by atomic mass is 16.3. The predicted molar refractivity (Wildman–Crippen MR) is 104 cm³/mol. The third-order valence-corrected chi connectivity index (χ3v) is 5.15. The van der Waals surface area contributed by atoms with Gasteiger partial charge in [0.25, 0.3) is 0 Å². The fraction of sp³-hybridized carbons (Fsp3) is 1.00. The van der Waals surface area contributed by atoms with Crippen LogP contribution in [0.1, 0.15) is 72.1 Å². The molecule has 0 aliphatic carbocycles. The van der Waals surface area contributed by atoms with Gasteiger partial charge in [0.15, 0.2) is 0 Å². The van der Waals surface area contributed by atoms with E-state index in [9.17, 15) is 0 Å². The third kappa shape index (κ3) is 11.4. The van der Waals surface area contributed by atoms with Crippen LogP contribution in [0.5, 0.6) is 0 Å². The summed E-state index contributed by atoms with van der Waals surface area (Å²) >= 11 is 0. The van der Waals surface area contributed by atoms with Gasteiger partial charge in [0, 0.05) is 13.1 Å². The summed E-state index contributed by atoms with van der Waals surface area (Å²) < 4.78 is 1.32. The molecule has 0 aromatic carbocycles. The summed E-state index contributed by atoms with van der Waals surface area (Å²) in [5.74, 6) is 0. The van der Waals surface area contributed by atoms with Crippen molar-refractivity contribution in [2.24, 2.45) is 0 Å². The molecule has 0 aromatic heterocycles. The average molecular weight is 346 g/mol. The van der Waals surface area contributed by atoms with Crippen LogP contribution >= 0.6 is 0 Å². The molecule has 0 atom stereocenters. The zero-order valence-corrected chi connectivity index (χ0v) is 16.8. The molecule has 0 aliphatic rings. The quantitative estimate of drug-likeness (QED) is 0.296. The molecule has 4 heteroatoms. The fourth-order valence-corrected chi connectivity index (χ4v) is 3.55. The highest BCUT2D eigenvalue weighted by Gasteiger charge is 2.25. The summed E-state index contributed by atoms with van der Waals surface area (Å²) in [4.78, 5) is 2.18. The maximum Gasteiger partial charge on any atom is 0.0787 e. The molecular formula is C20H45N2O2+. The first-order chi connectivity index (χ1) is 11.7. The van der Waals surface area contributed by atoms with Crippen molar-refractivity contribution in [1.82, 2.24) is 4.90 Å². The van der Waals surface area contributed by atoms with Crippen molar-refractivity contribution in [2.75, 3.05) is 59.0 Å². The smallest absolute Gasteiger partial charge is 0.0787 e. The van der Waals surface area contributed by atoms with Crippen LogP contribution < -0.4 is 0 Å². The number of unbranched alkanes of at least 4 members (excludes halogenated alkanes) is 4. The van der Waals surface area contributed by atoms with Gasteiger partial charge in [-0.05, 0) is 38.6 Å². The van der Waals surface area contributed by atoms with E-state index in [0.29, 0.717) is 13.1 Å². The Morgan fingerprint density at radius 2 is 1.00 bits per heavy atom. The summed E-state index contributed by atoms with van der Waals surface area (Å²) in [6.45, 7) is 15.0. The molecule has 0 unspecified atom stereocenters. The van der Waals surface area contributed by atoms with Crippen LogP contribution in [0.25, 0.3) is 0 Å². The molecule has 24 heavy (non-hydrogen) atoms. The Morgan fingerprint density at radius 3 is 1.38 bits per heavy atom. The van der Waals surface area contributed by atoms with Crippen molar-refractivity contribution in [2.45, 2.75) is 72.1 Å². The summed E-state index contributed by atoms with van der Waals surface area (Å²) in [5, 5.41) is 18.2. The van der Waals surface area contributed by atoms with Crippen LogP contribution in [0.15, 0.2) is 0 Å². The van der Waals surface area contributed by atoms with Crippen LogP contribution in [0.4, 0.5) is 0 Å². The van der Waals surface area contributed by atoms with Crippen molar-refractivity contribution >= 4 is 0 Å². The molecule has 0 bridgehead atoms. The molecule has 0 aromatic rings. The number of aliphatic hydroxyl groups excluding tert-OH is 2. The van der Waals surface area contributed by atoms with E-state index in [1.54, 1.807) is 0 Å². The lowest BCUT2D eigenvalue weighted by Gasteiger charge is -2.39. The average Bonchev–Trinajstić information content (AvgIpc) is 2.59. The summed E-state index contributed by atoms with van der Waals surface area (Å²) in [5.41, 5.74) is 0. The highest BCUT2D eigenvalue weighted by molar-refractivity contribution is 4.58. The van der Waals surface area contributed by atoms with E-state index in [2.05, 4.69) is 25.7 Å². The minimum atomic E-state index is 0.184. The molecule has 0 radical (unpaired) electrons.